The van der Waals surface area contributed by atoms with Crippen molar-refractivity contribution in [2.24, 2.45) is 0 Å². The molecule has 26 heavy (non-hydrogen) atoms. The maximum Gasteiger partial charge on any atom is 0.340 e. The van der Waals surface area contributed by atoms with Crippen LogP contribution in [0.4, 0.5) is 11.4 Å². The van der Waals surface area contributed by atoms with Gasteiger partial charge in [0.1, 0.15) is 11.6 Å². The highest BCUT2D eigenvalue weighted by molar-refractivity contribution is 6.09. The lowest BCUT2D eigenvalue weighted by atomic mass is 10.1. The van der Waals surface area contributed by atoms with Gasteiger partial charge in [0.15, 0.2) is 0 Å². The summed E-state index contributed by atoms with van der Waals surface area (Å²) in [5.74, 6) is -1.16. The monoisotopic (exact) mass is 349 g/mol. The van der Waals surface area contributed by atoms with Crippen molar-refractivity contribution in [1.29, 1.82) is 5.26 Å². The zero-order valence-corrected chi connectivity index (χ0v) is 14.6. The van der Waals surface area contributed by atoms with Crippen molar-refractivity contribution in [1.82, 2.24) is 0 Å². The molecule has 0 aliphatic heterocycles. The van der Waals surface area contributed by atoms with Crippen LogP contribution in [0, 0.1) is 18.3 Å². The smallest absolute Gasteiger partial charge is 0.340 e. The molecule has 0 spiro atoms. The first-order chi connectivity index (χ1) is 12.5. The van der Waals surface area contributed by atoms with Crippen LogP contribution < -0.4 is 10.6 Å². The van der Waals surface area contributed by atoms with Crippen molar-refractivity contribution in [2.75, 3.05) is 17.2 Å². The van der Waals surface area contributed by atoms with E-state index in [4.69, 9.17) is 4.74 Å². The molecule has 2 aromatic rings. The van der Waals surface area contributed by atoms with Crippen molar-refractivity contribution >= 4 is 23.3 Å². The first-order valence-electron chi connectivity index (χ1n) is 8.06. The second-order valence-electron chi connectivity index (χ2n) is 5.40. The van der Waals surface area contributed by atoms with Gasteiger partial charge in [0.2, 0.25) is 0 Å². The van der Waals surface area contributed by atoms with Crippen LogP contribution in [0.5, 0.6) is 0 Å². The number of carbonyl (C=O) groups excluding carboxylic acids is 2. The molecule has 0 saturated carbocycles. The van der Waals surface area contributed by atoms with Crippen molar-refractivity contribution in [3.05, 3.63) is 71.4 Å². The number of benzene rings is 2. The van der Waals surface area contributed by atoms with E-state index in [2.05, 4.69) is 10.6 Å². The standard InChI is InChI=1S/C20H19N3O3/c1-3-26-20(25)17-6-4-5-7-18(17)23-19(24)15(12-21)13-22-16-10-8-14(2)9-11-16/h4-11,13,22H,3H2,1-2H3,(H,23,24)/b15-13-. The lowest BCUT2D eigenvalue weighted by Gasteiger charge is -2.10. The van der Waals surface area contributed by atoms with Gasteiger partial charge < -0.3 is 15.4 Å². The first-order valence-corrected chi connectivity index (χ1v) is 8.06. The Labute approximate surface area is 152 Å². The van der Waals surface area contributed by atoms with E-state index in [1.165, 1.54) is 6.20 Å². The minimum absolute atomic E-state index is 0.121. The van der Waals surface area contributed by atoms with Crippen LogP contribution in [-0.4, -0.2) is 18.5 Å². The van der Waals surface area contributed by atoms with Gasteiger partial charge in [-0.05, 0) is 38.1 Å². The number of para-hydroxylation sites is 1. The number of nitrogens with one attached hydrogen (secondary N) is 2. The molecule has 132 valence electrons. The van der Waals surface area contributed by atoms with Crippen LogP contribution in [0.3, 0.4) is 0 Å². The number of ether oxygens (including phenoxy) is 1. The molecule has 0 bridgehead atoms. The Kier molecular flexibility index (Phi) is 6.52. The fourth-order valence-electron chi connectivity index (χ4n) is 2.12. The van der Waals surface area contributed by atoms with Gasteiger partial charge in [-0.1, -0.05) is 29.8 Å². The van der Waals surface area contributed by atoms with E-state index in [-0.39, 0.29) is 23.4 Å². The summed E-state index contributed by atoms with van der Waals surface area (Å²) in [5, 5.41) is 14.7. The van der Waals surface area contributed by atoms with Crippen molar-refractivity contribution < 1.29 is 14.3 Å². The van der Waals surface area contributed by atoms with E-state index >= 15 is 0 Å². The Morgan fingerprint density at radius 1 is 1.15 bits per heavy atom. The minimum atomic E-state index is -0.621. The van der Waals surface area contributed by atoms with Gasteiger partial charge >= 0.3 is 5.97 Å². The number of hydrogen-bond donors (Lipinski definition) is 2. The molecule has 0 unspecified atom stereocenters. The maximum atomic E-state index is 12.4. The summed E-state index contributed by atoms with van der Waals surface area (Å²) in [7, 11) is 0. The highest BCUT2D eigenvalue weighted by Crippen LogP contribution is 2.17. The summed E-state index contributed by atoms with van der Waals surface area (Å²) in [5.41, 5.74) is 2.25. The third kappa shape index (κ3) is 4.95. The molecule has 0 fully saturated rings. The minimum Gasteiger partial charge on any atom is -0.462 e. The van der Waals surface area contributed by atoms with Crippen molar-refractivity contribution in [2.45, 2.75) is 13.8 Å². The third-order valence-corrected chi connectivity index (χ3v) is 3.47. The molecule has 0 aliphatic carbocycles. The average molecular weight is 349 g/mol. The SMILES string of the molecule is CCOC(=O)c1ccccc1NC(=O)/C(C#N)=C\Nc1ccc(C)cc1. The van der Waals surface area contributed by atoms with Gasteiger partial charge in [0.25, 0.3) is 5.91 Å². The number of rotatable bonds is 6. The molecule has 0 aliphatic rings. The topological polar surface area (TPSA) is 91.2 Å². The molecule has 1 amide bonds. The number of nitrogens with zero attached hydrogens (tertiary/aromatic N) is 1. The predicted molar refractivity (Wildman–Crippen MR) is 99.5 cm³/mol. The zero-order chi connectivity index (χ0) is 18.9. The fraction of sp³-hybridized carbons (Fsp3) is 0.150. The van der Waals surface area contributed by atoms with E-state index < -0.39 is 11.9 Å². The Morgan fingerprint density at radius 2 is 1.85 bits per heavy atom. The number of carbonyl (C=O) groups is 2. The number of amides is 1. The molecule has 0 heterocycles. The number of anilines is 2. The Balaban J connectivity index is 2.15. The molecule has 2 rings (SSSR count). The summed E-state index contributed by atoms with van der Waals surface area (Å²) in [6, 6.07) is 15.8. The maximum absolute atomic E-state index is 12.4. The molecule has 2 aromatic carbocycles. The Bertz CT molecular complexity index is 865. The molecule has 2 N–H and O–H groups in total. The normalized spacial score (nSPS) is 10.6. The van der Waals surface area contributed by atoms with Gasteiger partial charge in [-0.2, -0.15) is 5.26 Å². The summed E-state index contributed by atoms with van der Waals surface area (Å²) in [6.07, 6.45) is 1.33. The van der Waals surface area contributed by atoms with E-state index in [9.17, 15) is 14.9 Å². The molecule has 6 nitrogen and oxygen atoms in total. The molecule has 0 saturated heterocycles. The number of esters is 1. The molecular formula is C20H19N3O3. The number of nitriles is 1. The van der Waals surface area contributed by atoms with Crippen molar-refractivity contribution in [3.63, 3.8) is 0 Å². The summed E-state index contributed by atoms with van der Waals surface area (Å²) >= 11 is 0. The average Bonchev–Trinajstić information content (AvgIpc) is 2.64. The molecular weight excluding hydrogens is 330 g/mol. The van der Waals surface area contributed by atoms with Crippen LogP contribution in [0.1, 0.15) is 22.8 Å². The van der Waals surface area contributed by atoms with Gasteiger partial charge in [0.05, 0.1) is 17.9 Å². The molecule has 0 radical (unpaired) electrons. The highest BCUT2D eigenvalue weighted by atomic mass is 16.5. The van der Waals surface area contributed by atoms with Crippen LogP contribution in [0.2, 0.25) is 0 Å². The second-order valence-corrected chi connectivity index (χ2v) is 5.40. The van der Waals surface area contributed by atoms with Gasteiger partial charge in [-0.15, -0.1) is 0 Å². The van der Waals surface area contributed by atoms with E-state index in [1.54, 1.807) is 31.2 Å². The summed E-state index contributed by atoms with van der Waals surface area (Å²) in [4.78, 5) is 24.3. The van der Waals surface area contributed by atoms with E-state index in [0.717, 1.165) is 11.3 Å². The number of hydrogen-bond acceptors (Lipinski definition) is 5. The van der Waals surface area contributed by atoms with E-state index in [0.29, 0.717) is 0 Å². The van der Waals surface area contributed by atoms with Crippen molar-refractivity contribution in [3.8, 4) is 6.07 Å². The van der Waals surface area contributed by atoms with Crippen LogP contribution in [-0.2, 0) is 9.53 Å². The van der Waals surface area contributed by atoms with Gasteiger partial charge in [0, 0.05) is 11.9 Å². The lowest BCUT2D eigenvalue weighted by Crippen LogP contribution is -2.17. The third-order valence-electron chi connectivity index (χ3n) is 3.47. The van der Waals surface area contributed by atoms with Gasteiger partial charge in [-0.25, -0.2) is 4.79 Å². The Morgan fingerprint density at radius 3 is 2.50 bits per heavy atom. The quantitative estimate of drug-likeness (QED) is 0.472. The van der Waals surface area contributed by atoms with E-state index in [1.807, 2.05) is 37.3 Å². The lowest BCUT2D eigenvalue weighted by molar-refractivity contribution is -0.112. The summed E-state index contributed by atoms with van der Waals surface area (Å²) in [6.45, 7) is 3.89. The first kappa shape index (κ1) is 18.7. The van der Waals surface area contributed by atoms with Crippen LogP contribution in [0.25, 0.3) is 0 Å². The fourth-order valence-corrected chi connectivity index (χ4v) is 2.12. The molecule has 6 heteroatoms. The molecule has 0 aromatic heterocycles. The Hall–Kier alpha value is -3.59. The van der Waals surface area contributed by atoms with Crippen LogP contribution >= 0.6 is 0 Å². The predicted octanol–water partition coefficient (Wildman–Crippen LogP) is 3.63. The number of aryl methyl sites for hydroxylation is 1. The van der Waals surface area contributed by atoms with Crippen LogP contribution in [0.15, 0.2) is 60.3 Å². The highest BCUT2D eigenvalue weighted by Gasteiger charge is 2.16. The second kappa shape index (κ2) is 9.04. The zero-order valence-electron chi connectivity index (χ0n) is 14.6. The summed E-state index contributed by atoms with van der Waals surface area (Å²) < 4.78 is 4.97. The van der Waals surface area contributed by atoms with Gasteiger partial charge in [-0.3, -0.25) is 4.79 Å². The largest absolute Gasteiger partial charge is 0.462 e. The molecule has 0 atom stereocenters.